The van der Waals surface area contributed by atoms with Crippen LogP contribution in [-0.2, 0) is 14.8 Å². The molecule has 0 atom stereocenters. The maximum absolute atomic E-state index is 12.5. The van der Waals surface area contributed by atoms with Gasteiger partial charge in [-0.2, -0.15) is 4.31 Å². The average molecular weight is 385 g/mol. The van der Waals surface area contributed by atoms with Gasteiger partial charge in [0.25, 0.3) is 0 Å². The van der Waals surface area contributed by atoms with Crippen LogP contribution in [0.3, 0.4) is 0 Å². The molecule has 1 aromatic carbocycles. The number of hydrogen-bond donors (Lipinski definition) is 1. The summed E-state index contributed by atoms with van der Waals surface area (Å²) in [5, 5.41) is 8.93. The number of halogens is 2. The Morgan fingerprint density at radius 3 is 2.50 bits per heavy atom. The van der Waals surface area contributed by atoms with Crippen LogP contribution < -0.4 is 0 Å². The van der Waals surface area contributed by atoms with Gasteiger partial charge in [-0.15, -0.1) is 0 Å². The number of carbonyl (C=O) groups is 1. The van der Waals surface area contributed by atoms with E-state index in [0.29, 0.717) is 4.47 Å². The zero-order chi connectivity index (χ0) is 15.5. The fourth-order valence-electron chi connectivity index (χ4n) is 1.63. The Morgan fingerprint density at radius 1 is 1.45 bits per heavy atom. The fraction of sp³-hybridized carbons (Fsp3) is 0.417. The first-order valence-electron chi connectivity index (χ1n) is 5.81. The third kappa shape index (κ3) is 4.44. The third-order valence-electron chi connectivity index (χ3n) is 2.39. The van der Waals surface area contributed by atoms with Crippen molar-refractivity contribution in [2.75, 3.05) is 13.1 Å². The van der Waals surface area contributed by atoms with Gasteiger partial charge in [-0.3, -0.25) is 4.79 Å². The molecule has 0 heterocycles. The molecule has 112 valence electrons. The number of rotatable bonds is 6. The van der Waals surface area contributed by atoms with Gasteiger partial charge in [0.1, 0.15) is 11.4 Å². The van der Waals surface area contributed by atoms with Crippen molar-refractivity contribution in [3.63, 3.8) is 0 Å². The van der Waals surface area contributed by atoms with Gasteiger partial charge in [-0.05, 0) is 24.1 Å². The molecule has 0 spiro atoms. The second-order valence-corrected chi connectivity index (χ2v) is 7.89. The predicted molar refractivity (Wildman–Crippen MR) is 80.4 cm³/mol. The molecule has 20 heavy (non-hydrogen) atoms. The van der Waals surface area contributed by atoms with E-state index in [1.54, 1.807) is 6.07 Å². The first kappa shape index (κ1) is 17.4. The zero-order valence-corrected chi connectivity index (χ0v) is 14.2. The summed E-state index contributed by atoms with van der Waals surface area (Å²) in [6, 6.07) is 4.37. The van der Waals surface area contributed by atoms with Crippen LogP contribution in [0.15, 0.2) is 27.6 Å². The topological polar surface area (TPSA) is 74.7 Å². The molecule has 1 N–H and O–H groups in total. The Bertz CT molecular complexity index is 603. The van der Waals surface area contributed by atoms with E-state index in [1.807, 2.05) is 13.8 Å². The third-order valence-corrected chi connectivity index (χ3v) is 5.18. The SMILES string of the molecule is CC(C)CN(CC(=O)O)S(=O)(=O)c1ccc(Br)cc1Cl. The number of benzene rings is 1. The molecule has 0 aliphatic carbocycles. The highest BCUT2D eigenvalue weighted by Gasteiger charge is 2.29. The van der Waals surface area contributed by atoms with Crippen LogP contribution in [-0.4, -0.2) is 36.9 Å². The molecule has 1 aromatic rings. The summed E-state index contributed by atoms with van der Waals surface area (Å²) in [4.78, 5) is 10.8. The molecular formula is C12H15BrClNO4S. The summed E-state index contributed by atoms with van der Waals surface area (Å²) in [5.41, 5.74) is 0. The standard InChI is InChI=1S/C12H15BrClNO4S/c1-8(2)6-15(7-12(16)17)20(18,19)11-4-3-9(13)5-10(11)14/h3-5,8H,6-7H2,1-2H3,(H,16,17). The summed E-state index contributed by atoms with van der Waals surface area (Å²) < 4.78 is 26.6. The molecule has 8 heteroatoms. The lowest BCUT2D eigenvalue weighted by molar-refractivity contribution is -0.137. The first-order chi connectivity index (χ1) is 9.14. The highest BCUT2D eigenvalue weighted by Crippen LogP contribution is 2.28. The van der Waals surface area contributed by atoms with E-state index in [0.717, 1.165) is 4.31 Å². The lowest BCUT2D eigenvalue weighted by Gasteiger charge is -2.22. The van der Waals surface area contributed by atoms with Gasteiger partial charge in [-0.25, -0.2) is 8.42 Å². The minimum Gasteiger partial charge on any atom is -0.480 e. The van der Waals surface area contributed by atoms with Crippen molar-refractivity contribution in [2.45, 2.75) is 18.7 Å². The quantitative estimate of drug-likeness (QED) is 0.818. The van der Waals surface area contributed by atoms with E-state index in [-0.39, 0.29) is 22.4 Å². The molecule has 0 aromatic heterocycles. The minimum absolute atomic E-state index is 0.00153. The van der Waals surface area contributed by atoms with Crippen LogP contribution in [0.2, 0.25) is 5.02 Å². The molecular weight excluding hydrogens is 370 g/mol. The Labute approximate surface area is 131 Å². The van der Waals surface area contributed by atoms with Gasteiger partial charge >= 0.3 is 5.97 Å². The lowest BCUT2D eigenvalue weighted by Crippen LogP contribution is -2.38. The van der Waals surface area contributed by atoms with E-state index in [2.05, 4.69) is 15.9 Å². The monoisotopic (exact) mass is 383 g/mol. The number of hydrogen-bond acceptors (Lipinski definition) is 3. The molecule has 5 nitrogen and oxygen atoms in total. The van der Waals surface area contributed by atoms with Crippen molar-refractivity contribution >= 4 is 43.5 Å². The molecule has 0 bridgehead atoms. The predicted octanol–water partition coefficient (Wildman–Crippen LogP) is 2.83. The van der Waals surface area contributed by atoms with Crippen molar-refractivity contribution in [1.29, 1.82) is 0 Å². The smallest absolute Gasteiger partial charge is 0.318 e. The van der Waals surface area contributed by atoms with Gasteiger partial charge in [0, 0.05) is 11.0 Å². The van der Waals surface area contributed by atoms with Crippen molar-refractivity contribution in [2.24, 2.45) is 5.92 Å². The average Bonchev–Trinajstić information content (AvgIpc) is 2.26. The van der Waals surface area contributed by atoms with E-state index in [9.17, 15) is 13.2 Å². The summed E-state index contributed by atoms with van der Waals surface area (Å²) in [7, 11) is -3.94. The maximum Gasteiger partial charge on any atom is 0.318 e. The van der Waals surface area contributed by atoms with E-state index >= 15 is 0 Å². The number of carboxylic acid groups (broad SMARTS) is 1. The first-order valence-corrected chi connectivity index (χ1v) is 8.42. The normalized spacial score (nSPS) is 12.1. The van der Waals surface area contributed by atoms with E-state index < -0.39 is 22.5 Å². The van der Waals surface area contributed by atoms with Crippen molar-refractivity contribution < 1.29 is 18.3 Å². The molecule has 1 rings (SSSR count). The van der Waals surface area contributed by atoms with E-state index in [4.69, 9.17) is 16.7 Å². The number of aliphatic carboxylic acids is 1. The van der Waals surface area contributed by atoms with Crippen LogP contribution in [0.4, 0.5) is 0 Å². The van der Waals surface area contributed by atoms with Gasteiger partial charge in [0.05, 0.1) is 5.02 Å². The van der Waals surface area contributed by atoms with Crippen LogP contribution >= 0.6 is 27.5 Å². The van der Waals surface area contributed by atoms with Crippen LogP contribution in [0.5, 0.6) is 0 Å². The second kappa shape index (κ2) is 6.89. The minimum atomic E-state index is -3.94. The van der Waals surface area contributed by atoms with Crippen molar-refractivity contribution in [3.05, 3.63) is 27.7 Å². The lowest BCUT2D eigenvalue weighted by atomic mass is 10.2. The zero-order valence-electron chi connectivity index (χ0n) is 11.0. The largest absolute Gasteiger partial charge is 0.480 e. The fourth-order valence-corrected chi connectivity index (χ4v) is 4.19. The molecule has 0 fully saturated rings. The van der Waals surface area contributed by atoms with Gasteiger partial charge in [0.15, 0.2) is 0 Å². The summed E-state index contributed by atoms with van der Waals surface area (Å²) in [5.74, 6) is -1.21. The van der Waals surface area contributed by atoms with Crippen LogP contribution in [0.25, 0.3) is 0 Å². The number of nitrogens with zero attached hydrogens (tertiary/aromatic N) is 1. The van der Waals surface area contributed by atoms with Crippen molar-refractivity contribution in [1.82, 2.24) is 4.31 Å². The van der Waals surface area contributed by atoms with Crippen LogP contribution in [0.1, 0.15) is 13.8 Å². The Morgan fingerprint density at radius 2 is 2.05 bits per heavy atom. The van der Waals surface area contributed by atoms with Crippen molar-refractivity contribution in [3.8, 4) is 0 Å². The van der Waals surface area contributed by atoms with Gasteiger partial charge in [0.2, 0.25) is 10.0 Å². The Balaban J connectivity index is 3.24. The highest BCUT2D eigenvalue weighted by molar-refractivity contribution is 9.10. The number of sulfonamides is 1. The maximum atomic E-state index is 12.5. The van der Waals surface area contributed by atoms with Gasteiger partial charge < -0.3 is 5.11 Å². The molecule has 0 radical (unpaired) electrons. The number of carboxylic acids is 1. The Kier molecular flexibility index (Phi) is 6.00. The molecule has 0 aliphatic heterocycles. The Hall–Kier alpha value is -0.630. The highest BCUT2D eigenvalue weighted by atomic mass is 79.9. The summed E-state index contributed by atoms with van der Waals surface area (Å²) in [6.45, 7) is 3.15. The molecule has 0 unspecified atom stereocenters. The summed E-state index contributed by atoms with van der Waals surface area (Å²) in [6.07, 6.45) is 0. The molecule has 0 amide bonds. The second-order valence-electron chi connectivity index (χ2n) is 4.66. The molecule has 0 aliphatic rings. The molecule has 0 saturated heterocycles. The van der Waals surface area contributed by atoms with Crippen LogP contribution in [0, 0.1) is 5.92 Å². The molecule has 0 saturated carbocycles. The van der Waals surface area contributed by atoms with Gasteiger partial charge in [-0.1, -0.05) is 41.4 Å². The van der Waals surface area contributed by atoms with E-state index in [1.165, 1.54) is 12.1 Å². The summed E-state index contributed by atoms with van der Waals surface area (Å²) >= 11 is 9.14.